The molecule has 0 spiro atoms. The van der Waals surface area contributed by atoms with Crippen molar-refractivity contribution in [2.24, 2.45) is 0 Å². The molecule has 0 atom stereocenters. The van der Waals surface area contributed by atoms with Gasteiger partial charge >= 0.3 is 0 Å². The third-order valence-corrected chi connectivity index (χ3v) is 3.31. The van der Waals surface area contributed by atoms with Crippen molar-refractivity contribution in [1.82, 2.24) is 0 Å². The van der Waals surface area contributed by atoms with Crippen molar-refractivity contribution >= 4 is 17.3 Å². The molecule has 0 fully saturated rings. The second-order valence-electron chi connectivity index (χ2n) is 4.93. The van der Waals surface area contributed by atoms with Gasteiger partial charge in [0.1, 0.15) is 5.75 Å². The summed E-state index contributed by atoms with van der Waals surface area (Å²) < 4.78 is 5.12. The fraction of sp³-hybridized carbons (Fsp3) is 0.235. The lowest BCUT2D eigenvalue weighted by atomic mass is 10.1. The molecule has 2 aromatic rings. The molecule has 2 rings (SSSR count). The highest BCUT2D eigenvalue weighted by Gasteiger charge is 2.04. The maximum absolute atomic E-state index is 11.9. The van der Waals surface area contributed by atoms with Gasteiger partial charge in [-0.05, 0) is 49.2 Å². The number of anilines is 2. The van der Waals surface area contributed by atoms with Gasteiger partial charge < -0.3 is 15.4 Å². The van der Waals surface area contributed by atoms with Gasteiger partial charge in [-0.1, -0.05) is 12.1 Å². The number of methoxy groups -OCH3 is 1. The van der Waals surface area contributed by atoms with Gasteiger partial charge in [-0.2, -0.15) is 0 Å². The average molecular weight is 284 g/mol. The molecule has 0 radical (unpaired) electrons. The number of amides is 1. The minimum Gasteiger partial charge on any atom is -0.497 e. The first-order valence-corrected chi connectivity index (χ1v) is 6.83. The lowest BCUT2D eigenvalue weighted by Gasteiger charge is -2.10. The van der Waals surface area contributed by atoms with Gasteiger partial charge in [0.25, 0.3) is 0 Å². The zero-order valence-corrected chi connectivity index (χ0v) is 12.6. The summed E-state index contributed by atoms with van der Waals surface area (Å²) in [4.78, 5) is 11.9. The van der Waals surface area contributed by atoms with E-state index in [0.717, 1.165) is 17.1 Å². The molecule has 4 heteroatoms. The number of nitrogens with one attached hydrogen (secondary N) is 2. The van der Waals surface area contributed by atoms with E-state index in [-0.39, 0.29) is 12.5 Å². The lowest BCUT2D eigenvalue weighted by Crippen LogP contribution is -2.21. The van der Waals surface area contributed by atoms with Crippen LogP contribution in [-0.2, 0) is 4.79 Å². The summed E-state index contributed by atoms with van der Waals surface area (Å²) in [5.74, 6) is 0.622. The predicted octanol–water partition coefficient (Wildman–Crippen LogP) is 3.36. The van der Waals surface area contributed by atoms with Gasteiger partial charge in [-0.15, -0.1) is 0 Å². The molecule has 1 amide bonds. The number of carbonyl (C=O) groups excluding carboxylic acids is 1. The van der Waals surface area contributed by atoms with E-state index >= 15 is 0 Å². The molecule has 0 bridgehead atoms. The van der Waals surface area contributed by atoms with Crippen molar-refractivity contribution in [3.05, 3.63) is 53.6 Å². The van der Waals surface area contributed by atoms with E-state index in [4.69, 9.17) is 4.74 Å². The van der Waals surface area contributed by atoms with Crippen LogP contribution in [0.25, 0.3) is 0 Å². The van der Waals surface area contributed by atoms with Gasteiger partial charge in [0.2, 0.25) is 5.91 Å². The first-order valence-electron chi connectivity index (χ1n) is 6.83. The Labute approximate surface area is 125 Å². The van der Waals surface area contributed by atoms with E-state index in [9.17, 15) is 4.79 Å². The highest BCUT2D eigenvalue weighted by atomic mass is 16.5. The largest absolute Gasteiger partial charge is 0.497 e. The van der Waals surface area contributed by atoms with Gasteiger partial charge in [0, 0.05) is 17.4 Å². The Morgan fingerprint density at radius 1 is 1.05 bits per heavy atom. The molecule has 0 aliphatic carbocycles. The number of ether oxygens (including phenoxy) is 1. The third-order valence-electron chi connectivity index (χ3n) is 3.31. The zero-order chi connectivity index (χ0) is 15.2. The molecule has 0 aromatic heterocycles. The predicted molar refractivity (Wildman–Crippen MR) is 86.0 cm³/mol. The minimum absolute atomic E-state index is 0.0959. The first-order chi connectivity index (χ1) is 10.1. The van der Waals surface area contributed by atoms with E-state index in [1.807, 2.05) is 36.4 Å². The van der Waals surface area contributed by atoms with E-state index in [0.29, 0.717) is 0 Å². The van der Waals surface area contributed by atoms with Crippen LogP contribution < -0.4 is 15.4 Å². The smallest absolute Gasteiger partial charge is 0.243 e. The summed E-state index contributed by atoms with van der Waals surface area (Å²) in [6.07, 6.45) is 0. The van der Waals surface area contributed by atoms with Crippen LogP contribution in [0.2, 0.25) is 0 Å². The van der Waals surface area contributed by atoms with Gasteiger partial charge in [-0.3, -0.25) is 4.79 Å². The molecule has 4 nitrogen and oxygen atoms in total. The standard InChI is InChI=1S/C17H20N2O2/c1-12-7-8-14(9-13(12)2)18-11-17(20)19-15-5-4-6-16(10-15)21-3/h4-10,18H,11H2,1-3H3,(H,19,20). The number of aryl methyl sites for hydroxylation is 2. The first kappa shape index (κ1) is 14.9. The number of rotatable bonds is 5. The fourth-order valence-electron chi connectivity index (χ4n) is 1.94. The van der Waals surface area contributed by atoms with Crippen molar-refractivity contribution in [1.29, 1.82) is 0 Å². The van der Waals surface area contributed by atoms with E-state index in [2.05, 4.69) is 24.5 Å². The summed E-state index contributed by atoms with van der Waals surface area (Å²) in [5.41, 5.74) is 4.11. The molecule has 21 heavy (non-hydrogen) atoms. The molecule has 0 unspecified atom stereocenters. The second kappa shape index (κ2) is 6.79. The van der Waals surface area contributed by atoms with Crippen molar-refractivity contribution in [2.75, 3.05) is 24.3 Å². The molecule has 0 aliphatic rings. The summed E-state index contributed by atoms with van der Waals surface area (Å²) in [6.45, 7) is 4.34. The van der Waals surface area contributed by atoms with Gasteiger partial charge in [-0.25, -0.2) is 0 Å². The molecule has 2 N–H and O–H groups in total. The maximum Gasteiger partial charge on any atom is 0.243 e. The molecule has 0 saturated heterocycles. The Hall–Kier alpha value is -2.49. The van der Waals surface area contributed by atoms with Crippen LogP contribution >= 0.6 is 0 Å². The van der Waals surface area contributed by atoms with Crippen molar-refractivity contribution < 1.29 is 9.53 Å². The van der Waals surface area contributed by atoms with Crippen LogP contribution in [-0.4, -0.2) is 19.6 Å². The van der Waals surface area contributed by atoms with Crippen LogP contribution in [0.15, 0.2) is 42.5 Å². The van der Waals surface area contributed by atoms with Crippen LogP contribution in [0, 0.1) is 13.8 Å². The van der Waals surface area contributed by atoms with E-state index in [1.54, 1.807) is 13.2 Å². The molecule has 2 aromatic carbocycles. The Morgan fingerprint density at radius 2 is 1.86 bits per heavy atom. The van der Waals surface area contributed by atoms with Crippen molar-refractivity contribution in [2.45, 2.75) is 13.8 Å². The van der Waals surface area contributed by atoms with Crippen LogP contribution in [0.5, 0.6) is 5.75 Å². The number of carbonyl (C=O) groups is 1. The third kappa shape index (κ3) is 4.24. The van der Waals surface area contributed by atoms with Crippen LogP contribution in [0.4, 0.5) is 11.4 Å². The van der Waals surface area contributed by atoms with Crippen molar-refractivity contribution in [3.63, 3.8) is 0 Å². The topological polar surface area (TPSA) is 50.4 Å². The van der Waals surface area contributed by atoms with Crippen LogP contribution in [0.3, 0.4) is 0 Å². The normalized spacial score (nSPS) is 10.0. The van der Waals surface area contributed by atoms with E-state index < -0.39 is 0 Å². The Kier molecular flexibility index (Phi) is 4.82. The Balaban J connectivity index is 1.90. The molecular weight excluding hydrogens is 264 g/mol. The molecule has 0 saturated carbocycles. The Morgan fingerprint density at radius 3 is 2.57 bits per heavy atom. The van der Waals surface area contributed by atoms with Crippen LogP contribution in [0.1, 0.15) is 11.1 Å². The molecule has 0 aliphatic heterocycles. The molecule has 0 heterocycles. The van der Waals surface area contributed by atoms with E-state index in [1.165, 1.54) is 11.1 Å². The number of hydrogen-bond donors (Lipinski definition) is 2. The van der Waals surface area contributed by atoms with Gasteiger partial charge in [0.15, 0.2) is 0 Å². The summed E-state index contributed by atoms with van der Waals surface area (Å²) in [7, 11) is 1.60. The highest BCUT2D eigenvalue weighted by Crippen LogP contribution is 2.17. The van der Waals surface area contributed by atoms with Gasteiger partial charge in [0.05, 0.1) is 13.7 Å². The molecular formula is C17H20N2O2. The summed E-state index contributed by atoms with van der Waals surface area (Å²) in [5, 5.41) is 5.95. The minimum atomic E-state index is -0.0959. The fourth-order valence-corrected chi connectivity index (χ4v) is 1.94. The zero-order valence-electron chi connectivity index (χ0n) is 12.6. The molecule has 110 valence electrons. The quantitative estimate of drug-likeness (QED) is 0.885. The summed E-state index contributed by atoms with van der Waals surface area (Å²) >= 11 is 0. The second-order valence-corrected chi connectivity index (χ2v) is 4.93. The Bertz CT molecular complexity index is 638. The number of hydrogen-bond acceptors (Lipinski definition) is 3. The maximum atomic E-state index is 11.9. The average Bonchev–Trinajstić information content (AvgIpc) is 2.48. The monoisotopic (exact) mass is 284 g/mol. The lowest BCUT2D eigenvalue weighted by molar-refractivity contribution is -0.114. The number of benzene rings is 2. The highest BCUT2D eigenvalue weighted by molar-refractivity contribution is 5.93. The summed E-state index contributed by atoms with van der Waals surface area (Å²) in [6, 6.07) is 13.3. The SMILES string of the molecule is COc1cccc(NC(=O)CNc2ccc(C)c(C)c2)c1. The van der Waals surface area contributed by atoms with Crippen molar-refractivity contribution in [3.8, 4) is 5.75 Å².